The van der Waals surface area contributed by atoms with Crippen molar-refractivity contribution in [3.8, 4) is 0 Å². The predicted octanol–water partition coefficient (Wildman–Crippen LogP) is 3.83. The number of hydrogen-bond donors (Lipinski definition) is 1. The number of rotatable bonds is 3. The summed E-state index contributed by atoms with van der Waals surface area (Å²) in [6.07, 6.45) is 1.47. The lowest BCUT2D eigenvalue weighted by Crippen LogP contribution is -2.20. The van der Waals surface area contributed by atoms with Crippen molar-refractivity contribution < 1.29 is 8.42 Å². The number of aromatic nitrogens is 2. The lowest BCUT2D eigenvalue weighted by Gasteiger charge is -2.18. The van der Waals surface area contributed by atoms with E-state index in [-0.39, 0.29) is 15.6 Å². The molecule has 0 amide bonds. The van der Waals surface area contributed by atoms with Gasteiger partial charge in [-0.25, -0.2) is 8.42 Å². The van der Waals surface area contributed by atoms with Gasteiger partial charge < -0.3 is 0 Å². The number of sulfonamides is 1. The van der Waals surface area contributed by atoms with Crippen molar-refractivity contribution in [1.29, 1.82) is 0 Å². The molecule has 1 aromatic carbocycles. The van der Waals surface area contributed by atoms with E-state index in [1.165, 1.54) is 23.0 Å². The molecule has 0 fully saturated rings. The number of nitrogens with one attached hydrogen (secondary N) is 1. The second kappa shape index (κ2) is 5.76. The second-order valence-electron chi connectivity index (χ2n) is 6.00. The molecule has 0 atom stereocenters. The van der Waals surface area contributed by atoms with Gasteiger partial charge in [-0.3, -0.25) is 9.40 Å². The zero-order valence-corrected chi connectivity index (χ0v) is 15.0. The number of nitrogens with zero attached hydrogens (tertiary/aromatic N) is 2. The van der Waals surface area contributed by atoms with E-state index in [1.807, 2.05) is 20.8 Å². The van der Waals surface area contributed by atoms with Crippen molar-refractivity contribution in [3.05, 3.63) is 40.1 Å². The van der Waals surface area contributed by atoms with E-state index in [4.69, 9.17) is 23.2 Å². The Morgan fingerprint density at radius 2 is 1.86 bits per heavy atom. The molecule has 0 saturated carbocycles. The van der Waals surface area contributed by atoms with Crippen LogP contribution in [0.1, 0.15) is 26.5 Å². The third-order valence-corrected chi connectivity index (χ3v) is 4.90. The van der Waals surface area contributed by atoms with Crippen molar-refractivity contribution in [3.63, 3.8) is 0 Å². The molecule has 22 heavy (non-hydrogen) atoms. The molecular formula is C14H17Cl2N3O2S. The summed E-state index contributed by atoms with van der Waals surface area (Å²) in [6.45, 7) is 5.71. The molecule has 0 unspecified atom stereocenters. The Balaban J connectivity index is 2.50. The number of halogens is 2. The average molecular weight is 362 g/mol. The van der Waals surface area contributed by atoms with Crippen LogP contribution in [0.4, 0.5) is 5.69 Å². The lowest BCUT2D eigenvalue weighted by molar-refractivity contribution is 0.539. The molecule has 0 spiro atoms. The zero-order valence-electron chi connectivity index (χ0n) is 12.7. The van der Waals surface area contributed by atoms with Gasteiger partial charge in [-0.1, -0.05) is 44.0 Å². The molecule has 5 nitrogen and oxygen atoms in total. The Labute approximate surface area is 140 Å². The number of anilines is 1. The van der Waals surface area contributed by atoms with E-state index in [0.29, 0.717) is 10.7 Å². The van der Waals surface area contributed by atoms with Crippen LogP contribution in [0.5, 0.6) is 0 Å². The molecule has 0 radical (unpaired) electrons. The SMILES string of the molecule is Cn1cc(S(=O)(=O)Nc2cc(Cl)ccc2Cl)c(C(C)(C)C)n1. The molecule has 2 rings (SSSR count). The van der Waals surface area contributed by atoms with E-state index < -0.39 is 15.4 Å². The van der Waals surface area contributed by atoms with Gasteiger partial charge in [-0.2, -0.15) is 5.10 Å². The van der Waals surface area contributed by atoms with Crippen LogP contribution in [0.2, 0.25) is 10.0 Å². The summed E-state index contributed by atoms with van der Waals surface area (Å²) in [5.74, 6) is 0. The molecule has 0 aliphatic heterocycles. The number of hydrogen-bond acceptors (Lipinski definition) is 3. The normalized spacial score (nSPS) is 12.5. The highest BCUT2D eigenvalue weighted by atomic mass is 35.5. The van der Waals surface area contributed by atoms with Gasteiger partial charge in [0.2, 0.25) is 0 Å². The quantitative estimate of drug-likeness (QED) is 0.903. The van der Waals surface area contributed by atoms with E-state index in [1.54, 1.807) is 13.1 Å². The fourth-order valence-electron chi connectivity index (χ4n) is 1.96. The largest absolute Gasteiger partial charge is 0.278 e. The van der Waals surface area contributed by atoms with Crippen molar-refractivity contribution in [1.82, 2.24) is 9.78 Å². The molecule has 0 saturated heterocycles. The first kappa shape index (κ1) is 17.1. The molecule has 1 aromatic heterocycles. The van der Waals surface area contributed by atoms with Crippen LogP contribution in [0.3, 0.4) is 0 Å². The standard InChI is InChI=1S/C14H17Cl2N3O2S/c1-14(2,3)13-12(8-19(4)17-13)22(20,21)18-11-7-9(15)5-6-10(11)16/h5-8,18H,1-4H3. The van der Waals surface area contributed by atoms with Crippen molar-refractivity contribution in [2.24, 2.45) is 7.05 Å². The monoisotopic (exact) mass is 361 g/mol. The van der Waals surface area contributed by atoms with Crippen LogP contribution >= 0.6 is 23.2 Å². The maximum Gasteiger partial charge on any atom is 0.265 e. The van der Waals surface area contributed by atoms with Gasteiger partial charge in [0.05, 0.1) is 16.4 Å². The van der Waals surface area contributed by atoms with E-state index in [2.05, 4.69) is 9.82 Å². The van der Waals surface area contributed by atoms with Crippen molar-refractivity contribution >= 4 is 38.9 Å². The van der Waals surface area contributed by atoms with Gasteiger partial charge in [0.1, 0.15) is 4.90 Å². The fraction of sp³-hybridized carbons (Fsp3) is 0.357. The topological polar surface area (TPSA) is 64.0 Å². The Morgan fingerprint density at radius 3 is 2.45 bits per heavy atom. The zero-order chi connectivity index (χ0) is 16.7. The lowest BCUT2D eigenvalue weighted by atomic mass is 9.92. The average Bonchev–Trinajstić information content (AvgIpc) is 2.76. The second-order valence-corrected chi connectivity index (χ2v) is 8.49. The third kappa shape index (κ3) is 3.56. The van der Waals surface area contributed by atoms with Crippen LogP contribution in [0.25, 0.3) is 0 Å². The summed E-state index contributed by atoms with van der Waals surface area (Å²) >= 11 is 11.9. The minimum absolute atomic E-state index is 0.124. The maximum absolute atomic E-state index is 12.7. The minimum atomic E-state index is -3.82. The van der Waals surface area contributed by atoms with Gasteiger partial charge in [0.25, 0.3) is 10.0 Å². The van der Waals surface area contributed by atoms with Crippen LogP contribution in [0.15, 0.2) is 29.3 Å². The molecule has 0 aliphatic rings. The summed E-state index contributed by atoms with van der Waals surface area (Å²) in [5.41, 5.74) is 0.308. The first-order valence-corrected chi connectivity index (χ1v) is 8.76. The fourth-order valence-corrected chi connectivity index (χ4v) is 3.81. The van der Waals surface area contributed by atoms with Gasteiger partial charge in [0.15, 0.2) is 0 Å². The van der Waals surface area contributed by atoms with Crippen molar-refractivity contribution in [2.75, 3.05) is 4.72 Å². The molecule has 8 heteroatoms. The Bertz CT molecular complexity index is 808. The summed E-state index contributed by atoms with van der Waals surface area (Å²) < 4.78 is 29.3. The first-order valence-electron chi connectivity index (χ1n) is 6.53. The van der Waals surface area contributed by atoms with Gasteiger partial charge in [-0.15, -0.1) is 0 Å². The van der Waals surface area contributed by atoms with Gasteiger partial charge in [-0.05, 0) is 18.2 Å². The molecule has 2 aromatic rings. The first-order chi connectivity index (χ1) is 10.0. The molecule has 120 valence electrons. The molecular weight excluding hydrogens is 345 g/mol. The smallest absolute Gasteiger partial charge is 0.265 e. The Hall–Kier alpha value is -1.24. The minimum Gasteiger partial charge on any atom is -0.278 e. The summed E-state index contributed by atoms with van der Waals surface area (Å²) in [7, 11) is -2.14. The molecule has 1 heterocycles. The van der Waals surface area contributed by atoms with Gasteiger partial charge in [0, 0.05) is 23.7 Å². The van der Waals surface area contributed by atoms with E-state index in [9.17, 15) is 8.42 Å². The van der Waals surface area contributed by atoms with Crippen LogP contribution in [-0.4, -0.2) is 18.2 Å². The van der Waals surface area contributed by atoms with Crippen LogP contribution in [-0.2, 0) is 22.5 Å². The molecule has 0 bridgehead atoms. The molecule has 1 N–H and O–H groups in total. The predicted molar refractivity (Wildman–Crippen MR) is 89.2 cm³/mol. The summed E-state index contributed by atoms with van der Waals surface area (Å²) in [4.78, 5) is 0.124. The highest BCUT2D eigenvalue weighted by Gasteiger charge is 2.29. The summed E-state index contributed by atoms with van der Waals surface area (Å²) in [6, 6.07) is 4.59. The Kier molecular flexibility index (Phi) is 4.48. The molecule has 0 aliphatic carbocycles. The van der Waals surface area contributed by atoms with E-state index >= 15 is 0 Å². The van der Waals surface area contributed by atoms with Crippen molar-refractivity contribution in [2.45, 2.75) is 31.1 Å². The Morgan fingerprint density at radius 1 is 1.23 bits per heavy atom. The third-order valence-electron chi connectivity index (χ3n) is 2.97. The van der Waals surface area contributed by atoms with E-state index in [0.717, 1.165) is 0 Å². The van der Waals surface area contributed by atoms with Crippen LogP contribution < -0.4 is 4.72 Å². The van der Waals surface area contributed by atoms with Crippen LogP contribution in [0, 0.1) is 0 Å². The number of benzene rings is 1. The van der Waals surface area contributed by atoms with Gasteiger partial charge >= 0.3 is 0 Å². The number of aryl methyl sites for hydroxylation is 1. The highest BCUT2D eigenvalue weighted by molar-refractivity contribution is 7.92. The summed E-state index contributed by atoms with van der Waals surface area (Å²) in [5, 5.41) is 4.93. The maximum atomic E-state index is 12.7. The highest BCUT2D eigenvalue weighted by Crippen LogP contribution is 2.31.